The summed E-state index contributed by atoms with van der Waals surface area (Å²) in [4.78, 5) is 0. The first-order valence-corrected chi connectivity index (χ1v) is 18.6. The van der Waals surface area contributed by atoms with Gasteiger partial charge in [-0.2, -0.15) is 10.2 Å². The molecule has 0 bridgehead atoms. The molecule has 1 aliphatic heterocycles. The molecule has 2 aromatic carbocycles. The Morgan fingerprint density at radius 2 is 1.30 bits per heavy atom. The molecule has 298 valence electrons. The van der Waals surface area contributed by atoms with Crippen LogP contribution in [-0.2, 0) is 28.4 Å². The lowest BCUT2D eigenvalue weighted by molar-refractivity contribution is -0.0420. The van der Waals surface area contributed by atoms with Gasteiger partial charge >= 0.3 is 0 Å². The molecule has 0 radical (unpaired) electrons. The van der Waals surface area contributed by atoms with E-state index in [-0.39, 0.29) is 16.2 Å². The molecule has 0 aliphatic carbocycles. The van der Waals surface area contributed by atoms with Crippen molar-refractivity contribution in [1.82, 2.24) is 0 Å². The molecule has 1 aliphatic rings. The number of azo groups is 1. The van der Waals surface area contributed by atoms with Gasteiger partial charge in [-0.25, -0.2) is 0 Å². The highest BCUT2D eigenvalue weighted by Crippen LogP contribution is 2.36. The Kier molecular flexibility index (Phi) is 19.0. The highest BCUT2D eigenvalue weighted by atomic mass is 16.6. The van der Waals surface area contributed by atoms with Crippen LogP contribution in [0.2, 0.25) is 0 Å². The van der Waals surface area contributed by atoms with Gasteiger partial charge in [-0.1, -0.05) is 48.1 Å². The van der Waals surface area contributed by atoms with E-state index in [1.807, 2.05) is 44.2 Å². The number of hydrogen-bond donors (Lipinski definition) is 0. The van der Waals surface area contributed by atoms with Crippen LogP contribution >= 0.6 is 0 Å². The van der Waals surface area contributed by atoms with Crippen molar-refractivity contribution in [3.8, 4) is 23.0 Å². The molecule has 0 N–H and O–H groups in total. The first kappa shape index (κ1) is 44.1. The SMILES string of the molecule is C=C(C)COc1ccc(N=Nc2ccc3c(c2)OCCOCCOCC(C)(C)COCC(C)(C)CO3)cc1OCCOCCOCC(C)(C)COCC. The molecule has 0 saturated carbocycles. The van der Waals surface area contributed by atoms with Crippen LogP contribution < -0.4 is 18.9 Å². The molecule has 0 spiro atoms. The summed E-state index contributed by atoms with van der Waals surface area (Å²) in [6.07, 6.45) is 0. The zero-order chi connectivity index (χ0) is 38.6. The lowest BCUT2D eigenvalue weighted by atomic mass is 9.94. The number of hydrogen-bond acceptors (Lipinski definition) is 12. The quantitative estimate of drug-likeness (QED) is 0.0888. The lowest BCUT2D eigenvalue weighted by Gasteiger charge is -2.29. The first-order chi connectivity index (χ1) is 25.3. The molecular formula is C41H64N2O10. The smallest absolute Gasteiger partial charge is 0.163 e. The Hall–Kier alpha value is -3.26. The molecule has 53 heavy (non-hydrogen) atoms. The highest BCUT2D eigenvalue weighted by molar-refractivity contribution is 5.54. The van der Waals surface area contributed by atoms with Crippen molar-refractivity contribution in [3.63, 3.8) is 0 Å². The summed E-state index contributed by atoms with van der Waals surface area (Å²) in [5.41, 5.74) is 1.70. The fourth-order valence-corrected chi connectivity index (χ4v) is 4.84. The summed E-state index contributed by atoms with van der Waals surface area (Å²) in [5, 5.41) is 8.99. The number of fused-ring (bicyclic) bond motifs is 1. The molecule has 0 saturated heterocycles. The van der Waals surface area contributed by atoms with E-state index in [0.29, 0.717) is 140 Å². The molecule has 1 heterocycles. The van der Waals surface area contributed by atoms with Crippen LogP contribution in [0.5, 0.6) is 23.0 Å². The molecule has 0 fully saturated rings. The van der Waals surface area contributed by atoms with E-state index in [1.165, 1.54) is 0 Å². The molecule has 0 aromatic heterocycles. The third kappa shape index (κ3) is 18.6. The van der Waals surface area contributed by atoms with Gasteiger partial charge in [-0.3, -0.25) is 0 Å². The van der Waals surface area contributed by atoms with Gasteiger partial charge in [-0.05, 0) is 43.7 Å². The number of rotatable bonds is 17. The van der Waals surface area contributed by atoms with Crippen molar-refractivity contribution < 1.29 is 47.4 Å². The van der Waals surface area contributed by atoms with Gasteiger partial charge in [0.05, 0.1) is 90.7 Å². The van der Waals surface area contributed by atoms with Gasteiger partial charge in [0.1, 0.15) is 19.8 Å². The third-order valence-electron chi connectivity index (χ3n) is 7.61. The second kappa shape index (κ2) is 22.8. The monoisotopic (exact) mass is 744 g/mol. The minimum absolute atomic E-state index is 0.0456. The summed E-state index contributed by atoms with van der Waals surface area (Å²) < 4.78 is 59.1. The van der Waals surface area contributed by atoms with Crippen LogP contribution in [0.1, 0.15) is 55.4 Å². The van der Waals surface area contributed by atoms with Crippen molar-refractivity contribution >= 4 is 11.4 Å². The Labute approximate surface area is 317 Å². The average molecular weight is 745 g/mol. The summed E-state index contributed by atoms with van der Waals surface area (Å²) >= 11 is 0. The Bertz CT molecular complexity index is 1390. The summed E-state index contributed by atoms with van der Waals surface area (Å²) in [6, 6.07) is 10.9. The van der Waals surface area contributed by atoms with Gasteiger partial charge in [0, 0.05) is 35.0 Å². The predicted molar refractivity (Wildman–Crippen MR) is 206 cm³/mol. The number of ether oxygens (including phenoxy) is 10. The van der Waals surface area contributed by atoms with Crippen LogP contribution in [0, 0.1) is 16.2 Å². The standard InChI is InChI=1S/C41H64N2O10/c1-10-44-26-39(4,5)27-47-17-15-45-19-21-50-37-23-33(11-13-35(37)52-25-32(2)3)42-43-34-12-14-36-38(24-34)51-22-20-46-16-18-48-28-40(6,7)29-49-30-41(8,9)31-53-36/h11-14,23-24H,2,10,15-22,25-31H2,1,3-9H3. The molecule has 12 nitrogen and oxygen atoms in total. The summed E-state index contributed by atoms with van der Waals surface area (Å²) in [5.74, 6) is 2.27. The zero-order valence-electron chi connectivity index (χ0n) is 33.5. The van der Waals surface area contributed by atoms with Gasteiger partial charge in [0.25, 0.3) is 0 Å². The second-order valence-electron chi connectivity index (χ2n) is 15.6. The minimum Gasteiger partial charge on any atom is -0.489 e. The minimum atomic E-state index is -0.231. The molecule has 0 atom stereocenters. The van der Waals surface area contributed by atoms with Crippen molar-refractivity contribution in [2.75, 3.05) is 106 Å². The van der Waals surface area contributed by atoms with E-state index in [2.05, 4.69) is 58.3 Å². The molecule has 0 amide bonds. The fraction of sp³-hybridized carbons (Fsp3) is 0.659. The van der Waals surface area contributed by atoms with Gasteiger partial charge in [0.2, 0.25) is 0 Å². The molecule has 12 heteroatoms. The van der Waals surface area contributed by atoms with E-state index in [4.69, 9.17) is 47.4 Å². The normalized spacial score (nSPS) is 17.3. The van der Waals surface area contributed by atoms with Gasteiger partial charge in [0.15, 0.2) is 23.0 Å². The van der Waals surface area contributed by atoms with Crippen molar-refractivity contribution in [3.05, 3.63) is 48.6 Å². The van der Waals surface area contributed by atoms with Gasteiger partial charge < -0.3 is 47.4 Å². The van der Waals surface area contributed by atoms with E-state index in [0.717, 1.165) is 5.57 Å². The second-order valence-corrected chi connectivity index (χ2v) is 15.6. The number of benzene rings is 2. The fourth-order valence-electron chi connectivity index (χ4n) is 4.84. The Morgan fingerprint density at radius 3 is 2.06 bits per heavy atom. The van der Waals surface area contributed by atoms with Gasteiger partial charge in [-0.15, -0.1) is 0 Å². The molecule has 2 aromatic rings. The Balaban J connectivity index is 1.64. The molecule has 0 unspecified atom stereocenters. The maximum atomic E-state index is 6.27. The van der Waals surface area contributed by atoms with E-state index < -0.39 is 0 Å². The van der Waals surface area contributed by atoms with Crippen molar-refractivity contribution in [2.45, 2.75) is 55.4 Å². The number of nitrogens with zero attached hydrogens (tertiary/aromatic N) is 2. The van der Waals surface area contributed by atoms with Crippen LogP contribution in [0.3, 0.4) is 0 Å². The predicted octanol–water partition coefficient (Wildman–Crippen LogP) is 8.41. The first-order valence-electron chi connectivity index (χ1n) is 18.6. The van der Waals surface area contributed by atoms with E-state index >= 15 is 0 Å². The summed E-state index contributed by atoms with van der Waals surface area (Å²) in [7, 11) is 0. The van der Waals surface area contributed by atoms with E-state index in [1.54, 1.807) is 6.07 Å². The highest BCUT2D eigenvalue weighted by Gasteiger charge is 2.25. The largest absolute Gasteiger partial charge is 0.489 e. The Morgan fingerprint density at radius 1 is 0.679 bits per heavy atom. The van der Waals surface area contributed by atoms with Crippen LogP contribution in [0.25, 0.3) is 0 Å². The van der Waals surface area contributed by atoms with Crippen LogP contribution in [-0.4, -0.2) is 106 Å². The maximum absolute atomic E-state index is 6.27. The van der Waals surface area contributed by atoms with Crippen LogP contribution in [0.15, 0.2) is 58.8 Å². The van der Waals surface area contributed by atoms with Crippen LogP contribution in [0.4, 0.5) is 11.4 Å². The topological polar surface area (TPSA) is 117 Å². The van der Waals surface area contributed by atoms with Crippen molar-refractivity contribution in [1.29, 1.82) is 0 Å². The zero-order valence-corrected chi connectivity index (χ0v) is 33.5. The third-order valence-corrected chi connectivity index (χ3v) is 7.61. The average Bonchev–Trinajstić information content (AvgIpc) is 3.10. The van der Waals surface area contributed by atoms with E-state index in [9.17, 15) is 0 Å². The maximum Gasteiger partial charge on any atom is 0.163 e. The molecule has 3 rings (SSSR count). The van der Waals surface area contributed by atoms with Crippen molar-refractivity contribution in [2.24, 2.45) is 26.5 Å². The lowest BCUT2D eigenvalue weighted by Crippen LogP contribution is -2.32. The molecular weight excluding hydrogens is 680 g/mol. The summed E-state index contributed by atoms with van der Waals surface area (Å²) in [6.45, 7) is 28.4.